The summed E-state index contributed by atoms with van der Waals surface area (Å²) in [6, 6.07) is -0.747. The molecule has 5 N–H and O–H groups in total. The maximum absolute atomic E-state index is 13.4. The molecule has 2 aromatic rings. The molecule has 2 aliphatic rings. The van der Waals surface area contributed by atoms with Crippen LogP contribution in [0.2, 0.25) is 0 Å². The minimum Gasteiger partial charge on any atom is -0.383 e. The highest BCUT2D eigenvalue weighted by Gasteiger charge is 2.36. The van der Waals surface area contributed by atoms with Crippen LogP contribution in [0.25, 0.3) is 0 Å². The molecule has 180 valence electrons. The topological polar surface area (TPSA) is 143 Å². The standard InChI is InChI=1S/C22H32N6O3S2/c1-21(2)10-9-13-16(12-7-6-8-14(12)25-17(13)21)27-20(29)28-33(23,31)18-15(11-24-5)26-19(32-18)22(3,4)30/h24,30H,6-11H2,1-5H3,(H3,23,25,27,28,29,31). The van der Waals surface area contributed by atoms with Crippen molar-refractivity contribution in [1.29, 1.82) is 0 Å². The van der Waals surface area contributed by atoms with Crippen LogP contribution in [0.4, 0.5) is 10.5 Å². The quantitative estimate of drug-likeness (QED) is 0.505. The first kappa shape index (κ1) is 24.2. The molecule has 11 heteroatoms. The summed E-state index contributed by atoms with van der Waals surface area (Å²) in [5, 5.41) is 22.7. The van der Waals surface area contributed by atoms with Crippen molar-refractivity contribution < 1.29 is 14.1 Å². The van der Waals surface area contributed by atoms with Gasteiger partial charge in [0.1, 0.15) is 14.8 Å². The van der Waals surface area contributed by atoms with Gasteiger partial charge in [-0.3, -0.25) is 4.98 Å². The number of nitrogens with two attached hydrogens (primary N) is 1. The third-order valence-electron chi connectivity index (χ3n) is 6.21. The number of nitrogens with one attached hydrogen (secondary N) is 2. The molecule has 4 rings (SSSR count). The maximum Gasteiger partial charge on any atom is 0.354 e. The van der Waals surface area contributed by atoms with Gasteiger partial charge >= 0.3 is 6.03 Å². The van der Waals surface area contributed by atoms with E-state index in [0.717, 1.165) is 71.6 Å². The van der Waals surface area contributed by atoms with Crippen LogP contribution in [0.15, 0.2) is 8.57 Å². The summed E-state index contributed by atoms with van der Waals surface area (Å²) in [4.78, 5) is 22.3. The van der Waals surface area contributed by atoms with Gasteiger partial charge in [-0.1, -0.05) is 13.8 Å². The first-order chi connectivity index (χ1) is 15.3. The molecule has 2 aromatic heterocycles. The van der Waals surface area contributed by atoms with Crippen LogP contribution in [0.5, 0.6) is 0 Å². The van der Waals surface area contributed by atoms with Crippen molar-refractivity contribution in [3.63, 3.8) is 0 Å². The second-order valence-corrected chi connectivity index (χ2v) is 12.9. The molecule has 0 saturated heterocycles. The lowest BCUT2D eigenvalue weighted by Gasteiger charge is -2.20. The Balaban J connectivity index is 1.72. The van der Waals surface area contributed by atoms with Crippen LogP contribution in [0, 0.1) is 0 Å². The zero-order valence-corrected chi connectivity index (χ0v) is 21.4. The highest BCUT2D eigenvalue weighted by molar-refractivity contribution is 7.93. The largest absolute Gasteiger partial charge is 0.383 e. The second-order valence-electron chi connectivity index (χ2n) is 9.91. The predicted octanol–water partition coefficient (Wildman–Crippen LogP) is 3.13. The first-order valence-electron chi connectivity index (χ1n) is 11.1. The molecule has 0 fully saturated rings. The van der Waals surface area contributed by atoms with E-state index >= 15 is 0 Å². The van der Waals surface area contributed by atoms with Crippen molar-refractivity contribution in [2.75, 3.05) is 12.4 Å². The number of pyridine rings is 1. The number of nitrogens with zero attached hydrogens (tertiary/aromatic N) is 3. The van der Waals surface area contributed by atoms with E-state index in [-0.39, 0.29) is 16.2 Å². The van der Waals surface area contributed by atoms with Crippen molar-refractivity contribution in [2.45, 2.75) is 81.6 Å². The zero-order valence-electron chi connectivity index (χ0n) is 19.7. The van der Waals surface area contributed by atoms with Gasteiger partial charge < -0.3 is 15.7 Å². The molecule has 1 unspecified atom stereocenters. The monoisotopic (exact) mass is 492 g/mol. The number of rotatable bonds is 5. The Kier molecular flexibility index (Phi) is 6.15. The van der Waals surface area contributed by atoms with E-state index in [1.165, 1.54) is 0 Å². The van der Waals surface area contributed by atoms with Crippen LogP contribution in [0.3, 0.4) is 0 Å². The second kappa shape index (κ2) is 8.38. The van der Waals surface area contributed by atoms with Crippen LogP contribution >= 0.6 is 11.3 Å². The number of aromatic nitrogens is 2. The predicted molar refractivity (Wildman–Crippen MR) is 130 cm³/mol. The van der Waals surface area contributed by atoms with Gasteiger partial charge in [0.2, 0.25) is 0 Å². The smallest absolute Gasteiger partial charge is 0.354 e. The third kappa shape index (κ3) is 4.57. The molecule has 2 heterocycles. The Bertz CT molecular complexity index is 1240. The molecule has 33 heavy (non-hydrogen) atoms. The molecule has 2 aliphatic carbocycles. The third-order valence-corrected chi connectivity index (χ3v) is 9.59. The minimum atomic E-state index is -3.57. The number of carbonyl (C=O) groups is 1. The van der Waals surface area contributed by atoms with Crippen molar-refractivity contribution >= 4 is 33.0 Å². The van der Waals surface area contributed by atoms with Gasteiger partial charge in [-0.2, -0.15) is 0 Å². The van der Waals surface area contributed by atoms with E-state index in [4.69, 9.17) is 10.1 Å². The molecule has 0 radical (unpaired) electrons. The fourth-order valence-corrected chi connectivity index (χ4v) is 7.01. The Morgan fingerprint density at radius 2 is 2.00 bits per heavy atom. The molecular weight excluding hydrogens is 460 g/mol. The van der Waals surface area contributed by atoms with Crippen LogP contribution in [-0.4, -0.2) is 32.4 Å². The summed E-state index contributed by atoms with van der Waals surface area (Å²) >= 11 is 1.02. The van der Waals surface area contributed by atoms with E-state index in [9.17, 15) is 14.1 Å². The van der Waals surface area contributed by atoms with Gasteiger partial charge in [0, 0.05) is 17.7 Å². The number of amides is 2. The Morgan fingerprint density at radius 3 is 2.67 bits per heavy atom. The summed E-state index contributed by atoms with van der Waals surface area (Å²) < 4.78 is 17.5. The lowest BCUT2D eigenvalue weighted by atomic mass is 9.90. The number of anilines is 1. The van der Waals surface area contributed by atoms with E-state index in [1.807, 2.05) is 0 Å². The van der Waals surface area contributed by atoms with Crippen LogP contribution in [-0.2, 0) is 46.7 Å². The average molecular weight is 493 g/mol. The Hall–Kier alpha value is -1.92. The van der Waals surface area contributed by atoms with Crippen LogP contribution in [0.1, 0.15) is 73.8 Å². The number of urea groups is 1. The number of aliphatic hydroxyl groups is 1. The summed E-state index contributed by atoms with van der Waals surface area (Å²) in [6.45, 7) is 7.81. The maximum atomic E-state index is 13.4. The van der Waals surface area contributed by atoms with Gasteiger partial charge in [0.05, 0.1) is 17.1 Å². The summed E-state index contributed by atoms with van der Waals surface area (Å²) in [7, 11) is -1.85. The summed E-state index contributed by atoms with van der Waals surface area (Å²) in [6.07, 6.45) is 4.51. The first-order valence-corrected chi connectivity index (χ1v) is 13.5. The Morgan fingerprint density at radius 1 is 1.27 bits per heavy atom. The molecular formula is C22H32N6O3S2. The summed E-state index contributed by atoms with van der Waals surface area (Å²) in [5.74, 6) is 0. The van der Waals surface area contributed by atoms with Gasteiger partial charge in [0.15, 0.2) is 9.92 Å². The summed E-state index contributed by atoms with van der Waals surface area (Å²) in [5.41, 5.74) is 4.05. The number of hydrogen-bond acceptors (Lipinski definition) is 7. The lowest BCUT2D eigenvalue weighted by molar-refractivity contribution is 0.0781. The number of carbonyl (C=O) groups excluding carboxylic acids is 1. The van der Waals surface area contributed by atoms with E-state index in [1.54, 1.807) is 20.9 Å². The van der Waals surface area contributed by atoms with Gasteiger partial charge in [0.25, 0.3) is 0 Å². The molecule has 0 aromatic carbocycles. The lowest BCUT2D eigenvalue weighted by Crippen LogP contribution is -2.21. The van der Waals surface area contributed by atoms with E-state index in [0.29, 0.717) is 10.7 Å². The molecule has 2 amide bonds. The van der Waals surface area contributed by atoms with Crippen molar-refractivity contribution in [3.8, 4) is 0 Å². The van der Waals surface area contributed by atoms with Crippen molar-refractivity contribution in [1.82, 2.24) is 15.3 Å². The number of hydrogen-bond donors (Lipinski definition) is 4. The van der Waals surface area contributed by atoms with Gasteiger partial charge in [-0.15, -0.1) is 15.7 Å². The number of thiazole rings is 1. The number of aryl methyl sites for hydroxylation is 1. The molecule has 0 aliphatic heterocycles. The van der Waals surface area contributed by atoms with Crippen molar-refractivity contribution in [3.05, 3.63) is 33.2 Å². The number of fused-ring (bicyclic) bond motifs is 2. The van der Waals surface area contributed by atoms with Gasteiger partial charge in [-0.05, 0) is 64.1 Å². The molecule has 0 saturated carbocycles. The van der Waals surface area contributed by atoms with E-state index < -0.39 is 21.5 Å². The highest BCUT2D eigenvalue weighted by atomic mass is 32.2. The fourth-order valence-electron chi connectivity index (χ4n) is 4.53. The zero-order chi connectivity index (χ0) is 24.2. The molecule has 9 nitrogen and oxygen atoms in total. The molecule has 0 spiro atoms. The SMILES string of the molecule is CNCc1nc(C(C)(C)O)sc1S(N)(=O)=NC(=O)Nc1c2c(nc3c1CCC3(C)C)CCC2. The average Bonchev–Trinajstić information content (AvgIpc) is 3.39. The van der Waals surface area contributed by atoms with Crippen LogP contribution < -0.4 is 15.8 Å². The van der Waals surface area contributed by atoms with E-state index in [2.05, 4.69) is 33.8 Å². The fraction of sp³-hybridized carbons (Fsp3) is 0.591. The van der Waals surface area contributed by atoms with Gasteiger partial charge in [-0.25, -0.2) is 19.1 Å². The van der Waals surface area contributed by atoms with Crippen molar-refractivity contribution in [2.24, 2.45) is 9.50 Å². The molecule has 0 bridgehead atoms. The highest BCUT2D eigenvalue weighted by Crippen LogP contribution is 2.44. The Labute approximate surface area is 198 Å². The molecule has 1 atom stereocenters. The minimum absolute atomic E-state index is 0.0524. The normalized spacial score (nSPS) is 18.5.